The largest absolute Gasteiger partial charge is 0.369 e. The molecular weight excluding hydrogens is 146 g/mol. The molecule has 0 aliphatic rings. The van der Waals surface area contributed by atoms with E-state index in [0.29, 0.717) is 0 Å². The Kier molecular flexibility index (Phi) is 4.81. The van der Waals surface area contributed by atoms with Gasteiger partial charge in [-0.05, 0) is 13.8 Å². The minimum atomic E-state index is -0.179. The number of carbonyl (C=O) groups is 1. The number of hydroxylamine groups is 2. The van der Waals surface area contributed by atoms with Gasteiger partial charge in [-0.2, -0.15) is 0 Å². The van der Waals surface area contributed by atoms with Crippen molar-refractivity contribution < 1.29 is 14.4 Å². The van der Waals surface area contributed by atoms with Crippen molar-refractivity contribution in [1.29, 1.82) is 0 Å². The Morgan fingerprint density at radius 2 is 2.09 bits per heavy atom. The number of carbonyl (C=O) groups excluding carboxylic acids is 1. The van der Waals surface area contributed by atoms with E-state index in [9.17, 15) is 4.79 Å². The molecule has 0 aliphatic heterocycles. The smallest absolute Gasteiger partial charge is 0.271 e. The number of hydrogen-bond acceptors (Lipinski definition) is 3. The second-order valence-corrected chi connectivity index (χ2v) is 2.43. The molecule has 0 aromatic carbocycles. The first kappa shape index (κ1) is 10.4. The van der Waals surface area contributed by atoms with Crippen LogP contribution in [0.4, 0.5) is 0 Å². The highest BCUT2D eigenvalue weighted by Crippen LogP contribution is 1.90. The van der Waals surface area contributed by atoms with Gasteiger partial charge < -0.3 is 4.74 Å². The molecule has 66 valence electrons. The molecule has 0 aliphatic carbocycles. The highest BCUT2D eigenvalue weighted by atomic mass is 16.7. The van der Waals surface area contributed by atoms with Crippen LogP contribution in [-0.4, -0.2) is 37.8 Å². The Hall–Kier alpha value is -0.610. The van der Waals surface area contributed by atoms with Crippen LogP contribution in [0.15, 0.2) is 0 Å². The van der Waals surface area contributed by atoms with E-state index in [1.165, 1.54) is 7.11 Å². The highest BCUT2D eigenvalue weighted by Gasteiger charge is 2.07. The number of nitrogens with zero attached hydrogens (tertiary/aromatic N) is 1. The fourth-order valence-electron chi connectivity index (χ4n) is 0.431. The molecule has 4 nitrogen and oxygen atoms in total. The quantitative estimate of drug-likeness (QED) is 0.561. The fourth-order valence-corrected chi connectivity index (χ4v) is 0.431. The van der Waals surface area contributed by atoms with Crippen molar-refractivity contribution in [3.8, 4) is 0 Å². The second-order valence-electron chi connectivity index (χ2n) is 2.43. The average molecular weight is 161 g/mol. The fraction of sp³-hybridized carbons (Fsp3) is 0.857. The number of hydrogen-bond donors (Lipinski definition) is 0. The molecule has 0 saturated heterocycles. The molecule has 0 spiro atoms. The molecule has 0 rings (SSSR count). The monoisotopic (exact) mass is 161 g/mol. The molecule has 4 heteroatoms. The van der Waals surface area contributed by atoms with Crippen LogP contribution in [-0.2, 0) is 14.4 Å². The lowest BCUT2D eigenvalue weighted by Crippen LogP contribution is -2.30. The summed E-state index contributed by atoms with van der Waals surface area (Å²) in [6.07, 6.45) is 0.0733. The van der Waals surface area contributed by atoms with Gasteiger partial charge in [0.25, 0.3) is 5.91 Å². The van der Waals surface area contributed by atoms with Gasteiger partial charge in [0.2, 0.25) is 0 Å². The first-order chi connectivity index (χ1) is 5.07. The molecule has 0 saturated carbocycles. The Balaban J connectivity index is 3.52. The summed E-state index contributed by atoms with van der Waals surface area (Å²) in [5.74, 6) is -0.179. The van der Waals surface area contributed by atoms with E-state index in [0.717, 1.165) is 5.06 Å². The summed E-state index contributed by atoms with van der Waals surface area (Å²) in [7, 11) is 2.99. The van der Waals surface area contributed by atoms with Crippen molar-refractivity contribution >= 4 is 5.91 Å². The molecule has 0 N–H and O–H groups in total. The summed E-state index contributed by atoms with van der Waals surface area (Å²) in [6, 6.07) is 0. The van der Waals surface area contributed by atoms with Gasteiger partial charge in [-0.15, -0.1) is 0 Å². The van der Waals surface area contributed by atoms with Crippen LogP contribution in [0, 0.1) is 0 Å². The van der Waals surface area contributed by atoms with Crippen molar-refractivity contribution in [1.82, 2.24) is 5.06 Å². The van der Waals surface area contributed by atoms with E-state index in [1.807, 2.05) is 13.8 Å². The van der Waals surface area contributed by atoms with Crippen LogP contribution in [0.3, 0.4) is 0 Å². The van der Waals surface area contributed by atoms with Gasteiger partial charge in [-0.1, -0.05) is 0 Å². The number of rotatable bonds is 4. The van der Waals surface area contributed by atoms with Crippen molar-refractivity contribution in [3.63, 3.8) is 0 Å². The summed E-state index contributed by atoms with van der Waals surface area (Å²) in [5.41, 5.74) is 0. The summed E-state index contributed by atoms with van der Waals surface area (Å²) in [5, 5.41) is 1.14. The standard InChI is InChI=1S/C7H15NO3/c1-6(2)11-5-7(9)8(3)10-4/h6H,5H2,1-4H3. The van der Waals surface area contributed by atoms with Crippen molar-refractivity contribution in [2.45, 2.75) is 20.0 Å². The zero-order valence-corrected chi connectivity index (χ0v) is 7.46. The van der Waals surface area contributed by atoms with E-state index in [4.69, 9.17) is 4.74 Å². The molecule has 0 unspecified atom stereocenters. The van der Waals surface area contributed by atoms with Crippen LogP contribution < -0.4 is 0 Å². The molecule has 1 amide bonds. The van der Waals surface area contributed by atoms with E-state index in [-0.39, 0.29) is 18.6 Å². The lowest BCUT2D eigenvalue weighted by atomic mass is 10.5. The zero-order chi connectivity index (χ0) is 8.85. The van der Waals surface area contributed by atoms with Crippen molar-refractivity contribution in [2.75, 3.05) is 20.8 Å². The summed E-state index contributed by atoms with van der Waals surface area (Å²) in [6.45, 7) is 3.82. The zero-order valence-electron chi connectivity index (χ0n) is 7.46. The van der Waals surface area contributed by atoms with Crippen molar-refractivity contribution in [2.24, 2.45) is 0 Å². The number of likely N-dealkylation sites (N-methyl/N-ethyl adjacent to an activating group) is 1. The van der Waals surface area contributed by atoms with E-state index < -0.39 is 0 Å². The van der Waals surface area contributed by atoms with Gasteiger partial charge in [0, 0.05) is 7.05 Å². The third-order valence-electron chi connectivity index (χ3n) is 1.17. The topological polar surface area (TPSA) is 38.8 Å². The molecule has 0 bridgehead atoms. The van der Waals surface area contributed by atoms with Crippen LogP contribution in [0.5, 0.6) is 0 Å². The average Bonchev–Trinajstić information content (AvgIpc) is 1.98. The van der Waals surface area contributed by atoms with Crippen LogP contribution in [0.1, 0.15) is 13.8 Å². The summed E-state index contributed by atoms with van der Waals surface area (Å²) in [4.78, 5) is 15.6. The predicted molar refractivity (Wildman–Crippen MR) is 40.9 cm³/mol. The third-order valence-corrected chi connectivity index (χ3v) is 1.17. The first-order valence-electron chi connectivity index (χ1n) is 3.50. The maximum Gasteiger partial charge on any atom is 0.271 e. The Morgan fingerprint density at radius 1 is 1.55 bits per heavy atom. The first-order valence-corrected chi connectivity index (χ1v) is 3.50. The minimum Gasteiger partial charge on any atom is -0.369 e. The molecule has 0 atom stereocenters. The maximum atomic E-state index is 11.0. The third kappa shape index (κ3) is 4.75. The van der Waals surface area contributed by atoms with Crippen LogP contribution in [0.2, 0.25) is 0 Å². The van der Waals surface area contributed by atoms with Crippen LogP contribution in [0.25, 0.3) is 0 Å². The second kappa shape index (κ2) is 5.09. The maximum absolute atomic E-state index is 11.0. The van der Waals surface area contributed by atoms with E-state index >= 15 is 0 Å². The summed E-state index contributed by atoms with van der Waals surface area (Å²) < 4.78 is 5.06. The van der Waals surface area contributed by atoms with Crippen molar-refractivity contribution in [3.05, 3.63) is 0 Å². The van der Waals surface area contributed by atoms with Gasteiger partial charge in [-0.25, -0.2) is 5.06 Å². The highest BCUT2D eigenvalue weighted by molar-refractivity contribution is 5.76. The number of ether oxygens (including phenoxy) is 1. The van der Waals surface area contributed by atoms with E-state index in [1.54, 1.807) is 7.05 Å². The van der Waals surface area contributed by atoms with Gasteiger partial charge in [0.15, 0.2) is 0 Å². The number of amides is 1. The van der Waals surface area contributed by atoms with Gasteiger partial charge in [-0.3, -0.25) is 9.63 Å². The Bertz CT molecular complexity index is 125. The SMILES string of the molecule is CON(C)C(=O)COC(C)C. The lowest BCUT2D eigenvalue weighted by molar-refractivity contribution is -0.174. The molecule has 0 fully saturated rings. The predicted octanol–water partition coefficient (Wildman–Crippen LogP) is 0.431. The van der Waals surface area contributed by atoms with E-state index in [2.05, 4.69) is 4.84 Å². The Morgan fingerprint density at radius 3 is 2.45 bits per heavy atom. The molecule has 0 aromatic rings. The van der Waals surface area contributed by atoms with Gasteiger partial charge in [0.1, 0.15) is 6.61 Å². The molecule has 0 radical (unpaired) electrons. The summed E-state index contributed by atoms with van der Waals surface area (Å²) >= 11 is 0. The van der Waals surface area contributed by atoms with Crippen LogP contribution >= 0.6 is 0 Å². The molecule has 0 aromatic heterocycles. The normalized spacial score (nSPS) is 10.3. The Labute approximate surface area is 67.0 Å². The molecule has 11 heavy (non-hydrogen) atoms. The molecule has 0 heterocycles. The van der Waals surface area contributed by atoms with Gasteiger partial charge in [0.05, 0.1) is 13.2 Å². The minimum absolute atomic E-state index is 0.0714. The van der Waals surface area contributed by atoms with Gasteiger partial charge >= 0.3 is 0 Å². The lowest BCUT2D eigenvalue weighted by Gasteiger charge is -2.14. The molecular formula is C7H15NO3.